The number of tetrazole rings is 1. The van der Waals surface area contributed by atoms with E-state index in [1.165, 1.54) is 0 Å². The highest BCUT2D eigenvalue weighted by atomic mass is 32.2. The first-order valence-corrected chi connectivity index (χ1v) is 5.76. The largest absolute Gasteiger partial charge is 0.394 e. The topological polar surface area (TPSA) is 63.8 Å². The van der Waals surface area contributed by atoms with Gasteiger partial charge in [0.1, 0.15) is 0 Å². The predicted molar refractivity (Wildman–Crippen MR) is 55.1 cm³/mol. The Kier molecular flexibility index (Phi) is 4.89. The van der Waals surface area contributed by atoms with Gasteiger partial charge < -0.3 is 5.11 Å². The fourth-order valence-electron chi connectivity index (χ4n) is 0.870. The zero-order valence-electron chi connectivity index (χ0n) is 8.55. The van der Waals surface area contributed by atoms with E-state index in [9.17, 15) is 0 Å². The minimum atomic E-state index is 0.0714. The molecule has 0 bridgehead atoms. The number of thioether (sulfide) groups is 1. The summed E-state index contributed by atoms with van der Waals surface area (Å²) in [5, 5.41) is 20.8. The highest BCUT2D eigenvalue weighted by molar-refractivity contribution is 7.99. The molecule has 14 heavy (non-hydrogen) atoms. The van der Waals surface area contributed by atoms with Gasteiger partial charge in [-0.3, -0.25) is 0 Å². The van der Waals surface area contributed by atoms with E-state index in [2.05, 4.69) is 29.4 Å². The highest BCUT2D eigenvalue weighted by Crippen LogP contribution is 2.18. The van der Waals surface area contributed by atoms with E-state index in [1.807, 2.05) is 0 Å². The Bertz CT molecular complexity index is 266. The van der Waals surface area contributed by atoms with E-state index in [-0.39, 0.29) is 6.61 Å². The summed E-state index contributed by atoms with van der Waals surface area (Å²) in [6.45, 7) is 4.91. The van der Waals surface area contributed by atoms with E-state index in [0.717, 1.165) is 17.3 Å². The molecular formula is C8H16N4OS. The molecule has 1 heterocycles. The first-order valence-electron chi connectivity index (χ1n) is 4.77. The van der Waals surface area contributed by atoms with Crippen molar-refractivity contribution in [3.8, 4) is 0 Å². The van der Waals surface area contributed by atoms with E-state index >= 15 is 0 Å². The number of nitrogens with zero attached hydrogens (tertiary/aromatic N) is 4. The number of hydrogen-bond donors (Lipinski definition) is 1. The van der Waals surface area contributed by atoms with Gasteiger partial charge in [0, 0.05) is 5.75 Å². The van der Waals surface area contributed by atoms with Crippen LogP contribution < -0.4 is 0 Å². The van der Waals surface area contributed by atoms with Crippen LogP contribution in [0.2, 0.25) is 0 Å². The summed E-state index contributed by atoms with van der Waals surface area (Å²) in [7, 11) is 0. The number of aliphatic hydroxyl groups excluding tert-OH is 1. The van der Waals surface area contributed by atoms with Crippen molar-refractivity contribution in [2.24, 2.45) is 5.92 Å². The van der Waals surface area contributed by atoms with Gasteiger partial charge in [-0.15, -0.1) is 5.10 Å². The first-order chi connectivity index (χ1) is 6.77. The summed E-state index contributed by atoms with van der Waals surface area (Å²) < 4.78 is 1.63. The lowest BCUT2D eigenvalue weighted by Gasteiger charge is -2.06. The fraction of sp³-hybridized carbons (Fsp3) is 0.875. The Hall–Kier alpha value is -0.620. The lowest BCUT2D eigenvalue weighted by Crippen LogP contribution is -2.06. The molecule has 5 nitrogen and oxygen atoms in total. The third kappa shape index (κ3) is 3.26. The zero-order chi connectivity index (χ0) is 10.4. The standard InChI is InChI=1S/C8H16N4OS/c1-3-7(2)6-14-8-9-10-11-12(8)4-5-13/h7,13H,3-6H2,1-2H3. The van der Waals surface area contributed by atoms with Crippen LogP contribution in [0.15, 0.2) is 5.16 Å². The van der Waals surface area contributed by atoms with Crippen molar-refractivity contribution in [3.63, 3.8) is 0 Å². The summed E-state index contributed by atoms with van der Waals surface area (Å²) in [4.78, 5) is 0. The molecule has 6 heteroatoms. The van der Waals surface area contributed by atoms with Crippen LogP contribution in [0.25, 0.3) is 0 Å². The van der Waals surface area contributed by atoms with Gasteiger partial charge in [0.15, 0.2) is 0 Å². The summed E-state index contributed by atoms with van der Waals surface area (Å²) in [5.74, 6) is 1.68. The Morgan fingerprint density at radius 2 is 2.36 bits per heavy atom. The van der Waals surface area contributed by atoms with E-state index < -0.39 is 0 Å². The van der Waals surface area contributed by atoms with Crippen LogP contribution in [0.4, 0.5) is 0 Å². The molecular weight excluding hydrogens is 200 g/mol. The molecule has 1 rings (SSSR count). The third-order valence-corrected chi connectivity index (χ3v) is 3.29. The van der Waals surface area contributed by atoms with Gasteiger partial charge >= 0.3 is 0 Å². The molecule has 0 aliphatic heterocycles. The minimum absolute atomic E-state index is 0.0714. The van der Waals surface area contributed by atoms with Gasteiger partial charge in [-0.05, 0) is 16.3 Å². The Balaban J connectivity index is 2.45. The van der Waals surface area contributed by atoms with Crippen molar-refractivity contribution in [2.75, 3.05) is 12.4 Å². The normalized spacial score (nSPS) is 13.1. The highest BCUT2D eigenvalue weighted by Gasteiger charge is 2.07. The average molecular weight is 216 g/mol. The summed E-state index contributed by atoms with van der Waals surface area (Å²) in [6, 6.07) is 0. The van der Waals surface area contributed by atoms with Crippen LogP contribution in [0.1, 0.15) is 20.3 Å². The Morgan fingerprint density at radius 1 is 1.57 bits per heavy atom. The monoisotopic (exact) mass is 216 g/mol. The van der Waals surface area contributed by atoms with Gasteiger partial charge in [-0.2, -0.15) is 0 Å². The maximum absolute atomic E-state index is 8.76. The van der Waals surface area contributed by atoms with Crippen LogP contribution in [-0.2, 0) is 6.54 Å². The van der Waals surface area contributed by atoms with Gasteiger partial charge in [0.2, 0.25) is 5.16 Å². The number of hydrogen-bond acceptors (Lipinski definition) is 5. The summed E-state index contributed by atoms with van der Waals surface area (Å²) >= 11 is 1.64. The molecule has 1 N–H and O–H groups in total. The second kappa shape index (κ2) is 5.98. The van der Waals surface area contributed by atoms with Crippen LogP contribution in [0.3, 0.4) is 0 Å². The minimum Gasteiger partial charge on any atom is -0.394 e. The molecule has 0 aromatic carbocycles. The lowest BCUT2D eigenvalue weighted by molar-refractivity contribution is 0.262. The predicted octanol–water partition coefficient (Wildman–Crippen LogP) is 0.804. The number of aromatic nitrogens is 4. The second-order valence-electron chi connectivity index (χ2n) is 3.23. The van der Waals surface area contributed by atoms with E-state index in [1.54, 1.807) is 16.4 Å². The van der Waals surface area contributed by atoms with Gasteiger partial charge in [-0.1, -0.05) is 32.0 Å². The van der Waals surface area contributed by atoms with Crippen molar-refractivity contribution in [3.05, 3.63) is 0 Å². The van der Waals surface area contributed by atoms with Gasteiger partial charge in [0.05, 0.1) is 13.2 Å². The van der Waals surface area contributed by atoms with Crippen molar-refractivity contribution < 1.29 is 5.11 Å². The molecule has 0 aliphatic carbocycles. The molecule has 0 amide bonds. The number of aliphatic hydroxyl groups is 1. The molecule has 1 aromatic rings. The van der Waals surface area contributed by atoms with Gasteiger partial charge in [-0.25, -0.2) is 4.68 Å². The molecule has 0 fully saturated rings. The van der Waals surface area contributed by atoms with Gasteiger partial charge in [0.25, 0.3) is 0 Å². The molecule has 1 atom stereocenters. The quantitative estimate of drug-likeness (QED) is 0.713. The first kappa shape index (κ1) is 11.5. The van der Waals surface area contributed by atoms with Crippen molar-refractivity contribution in [1.82, 2.24) is 20.2 Å². The van der Waals surface area contributed by atoms with E-state index in [0.29, 0.717) is 12.5 Å². The maximum atomic E-state index is 8.76. The average Bonchev–Trinajstić information content (AvgIpc) is 2.62. The molecule has 0 spiro atoms. The SMILES string of the molecule is CCC(C)CSc1nnnn1CCO. The second-order valence-corrected chi connectivity index (χ2v) is 4.22. The molecule has 0 radical (unpaired) electrons. The molecule has 0 saturated heterocycles. The van der Waals surface area contributed by atoms with E-state index in [4.69, 9.17) is 5.11 Å². The Morgan fingerprint density at radius 3 is 3.00 bits per heavy atom. The zero-order valence-corrected chi connectivity index (χ0v) is 9.37. The molecule has 0 aliphatic rings. The van der Waals surface area contributed by atoms with Crippen LogP contribution in [0, 0.1) is 5.92 Å². The van der Waals surface area contributed by atoms with Crippen molar-refractivity contribution >= 4 is 11.8 Å². The summed E-state index contributed by atoms with van der Waals surface area (Å²) in [5.41, 5.74) is 0. The smallest absolute Gasteiger partial charge is 0.209 e. The molecule has 80 valence electrons. The fourth-order valence-corrected chi connectivity index (χ4v) is 1.91. The third-order valence-electron chi connectivity index (χ3n) is 2.00. The van der Waals surface area contributed by atoms with Crippen LogP contribution in [-0.4, -0.2) is 37.7 Å². The van der Waals surface area contributed by atoms with Crippen LogP contribution >= 0.6 is 11.8 Å². The van der Waals surface area contributed by atoms with Crippen molar-refractivity contribution in [2.45, 2.75) is 32.0 Å². The van der Waals surface area contributed by atoms with Crippen molar-refractivity contribution in [1.29, 1.82) is 0 Å². The van der Waals surface area contributed by atoms with Crippen LogP contribution in [0.5, 0.6) is 0 Å². The number of rotatable bonds is 6. The molecule has 0 saturated carbocycles. The Labute approximate surface area is 87.9 Å². The summed E-state index contributed by atoms with van der Waals surface area (Å²) in [6.07, 6.45) is 1.16. The lowest BCUT2D eigenvalue weighted by atomic mass is 10.2. The molecule has 1 unspecified atom stereocenters. The molecule has 1 aromatic heterocycles. The maximum Gasteiger partial charge on any atom is 0.209 e.